The number of hydrogen-bond acceptors (Lipinski definition) is 7. The molecule has 3 N–H and O–H groups in total. The van der Waals surface area contributed by atoms with Crippen molar-refractivity contribution in [2.45, 2.75) is 44.3 Å². The van der Waals surface area contributed by atoms with Gasteiger partial charge in [0, 0.05) is 11.4 Å². The van der Waals surface area contributed by atoms with E-state index in [4.69, 9.17) is 0 Å². The highest BCUT2D eigenvalue weighted by Gasteiger charge is 2.35. The van der Waals surface area contributed by atoms with E-state index in [1.807, 2.05) is 54.6 Å². The number of anilines is 1. The molecule has 2 aromatic heterocycles. The topological polar surface area (TPSA) is 133 Å². The van der Waals surface area contributed by atoms with Crippen LogP contribution in [0, 0.1) is 0 Å². The molecule has 10 heteroatoms. The number of phenols is 2. The van der Waals surface area contributed by atoms with Gasteiger partial charge >= 0.3 is 0 Å². The fourth-order valence-electron chi connectivity index (χ4n) is 5.35. The Kier molecular flexibility index (Phi) is 6.73. The molecular weight excluding hydrogens is 508 g/mol. The summed E-state index contributed by atoms with van der Waals surface area (Å²) in [5.74, 6) is -1.52. The van der Waals surface area contributed by atoms with Crippen molar-refractivity contribution in [2.24, 2.45) is 0 Å². The van der Waals surface area contributed by atoms with E-state index in [1.165, 1.54) is 27.8 Å². The number of benzene rings is 3. The highest BCUT2D eigenvalue weighted by Crippen LogP contribution is 2.35. The SMILES string of the molecule is O=C(NC1CCCC1)[C@@H](c1ccc(O)c(O)c1)N(C(=O)Cn1nnc2ccccc21)c1cnc2ccccc2c1. The van der Waals surface area contributed by atoms with Crippen molar-refractivity contribution in [3.63, 3.8) is 0 Å². The van der Waals surface area contributed by atoms with Crippen molar-refractivity contribution in [1.82, 2.24) is 25.3 Å². The van der Waals surface area contributed by atoms with E-state index in [0.717, 1.165) is 36.6 Å². The van der Waals surface area contributed by atoms with Crippen molar-refractivity contribution in [3.05, 3.63) is 84.6 Å². The number of pyridine rings is 1. The van der Waals surface area contributed by atoms with Crippen LogP contribution in [0.2, 0.25) is 0 Å². The molecule has 40 heavy (non-hydrogen) atoms. The van der Waals surface area contributed by atoms with Crippen LogP contribution in [0.3, 0.4) is 0 Å². The zero-order valence-corrected chi connectivity index (χ0v) is 21.6. The van der Waals surface area contributed by atoms with Crippen molar-refractivity contribution in [3.8, 4) is 11.5 Å². The average molecular weight is 537 g/mol. The first-order chi connectivity index (χ1) is 19.5. The lowest BCUT2D eigenvalue weighted by Gasteiger charge is -2.32. The summed E-state index contributed by atoms with van der Waals surface area (Å²) in [4.78, 5) is 34.2. The van der Waals surface area contributed by atoms with E-state index >= 15 is 0 Å². The minimum absolute atomic E-state index is 0.00773. The van der Waals surface area contributed by atoms with Gasteiger partial charge in [0.15, 0.2) is 11.5 Å². The van der Waals surface area contributed by atoms with E-state index in [2.05, 4.69) is 20.6 Å². The number of rotatable bonds is 7. The van der Waals surface area contributed by atoms with E-state index in [1.54, 1.807) is 6.20 Å². The number of carbonyl (C=O) groups is 2. The molecule has 1 aliphatic carbocycles. The Morgan fingerprint density at radius 1 is 0.950 bits per heavy atom. The van der Waals surface area contributed by atoms with Crippen LogP contribution in [-0.2, 0) is 16.1 Å². The molecule has 2 amide bonds. The Bertz CT molecular complexity index is 1710. The molecule has 0 spiro atoms. The first-order valence-corrected chi connectivity index (χ1v) is 13.3. The van der Waals surface area contributed by atoms with Gasteiger partial charge in [-0.15, -0.1) is 5.10 Å². The quantitative estimate of drug-likeness (QED) is 0.265. The second-order valence-corrected chi connectivity index (χ2v) is 10.0. The van der Waals surface area contributed by atoms with Crippen molar-refractivity contribution < 1.29 is 19.8 Å². The summed E-state index contributed by atoms with van der Waals surface area (Å²) in [6, 6.07) is 19.7. The van der Waals surface area contributed by atoms with Crippen molar-refractivity contribution in [1.29, 1.82) is 0 Å². The minimum atomic E-state index is -1.16. The largest absolute Gasteiger partial charge is 0.504 e. The molecule has 1 atom stereocenters. The number of aromatic nitrogens is 4. The zero-order chi connectivity index (χ0) is 27.6. The van der Waals surface area contributed by atoms with E-state index in [0.29, 0.717) is 22.3 Å². The molecular formula is C30H28N6O4. The molecule has 1 fully saturated rings. The smallest absolute Gasteiger partial charge is 0.249 e. The molecule has 3 aromatic carbocycles. The zero-order valence-electron chi connectivity index (χ0n) is 21.6. The van der Waals surface area contributed by atoms with Crippen LogP contribution >= 0.6 is 0 Å². The van der Waals surface area contributed by atoms with Gasteiger partial charge in [0.05, 0.1) is 22.9 Å². The lowest BCUT2D eigenvalue weighted by molar-refractivity contribution is -0.127. The molecule has 202 valence electrons. The minimum Gasteiger partial charge on any atom is -0.504 e. The van der Waals surface area contributed by atoms with Crippen LogP contribution < -0.4 is 10.2 Å². The van der Waals surface area contributed by atoms with Gasteiger partial charge in [0.1, 0.15) is 18.1 Å². The predicted molar refractivity (Wildman–Crippen MR) is 150 cm³/mol. The molecule has 0 radical (unpaired) electrons. The van der Waals surface area contributed by atoms with Crippen LogP contribution in [0.25, 0.3) is 21.9 Å². The molecule has 1 saturated carbocycles. The Morgan fingerprint density at radius 3 is 2.50 bits per heavy atom. The van der Waals surface area contributed by atoms with E-state index < -0.39 is 11.9 Å². The summed E-state index contributed by atoms with van der Waals surface area (Å²) in [6.07, 6.45) is 5.32. The summed E-state index contributed by atoms with van der Waals surface area (Å²) < 4.78 is 1.50. The van der Waals surface area contributed by atoms with Crippen LogP contribution in [0.1, 0.15) is 37.3 Å². The maximum absolute atomic E-state index is 14.2. The number of amides is 2. The summed E-state index contributed by atoms with van der Waals surface area (Å²) in [5.41, 5.74) is 2.83. The molecule has 0 unspecified atom stereocenters. The molecule has 0 saturated heterocycles. The van der Waals surface area contributed by atoms with E-state index in [-0.39, 0.29) is 30.0 Å². The maximum Gasteiger partial charge on any atom is 0.249 e. The Morgan fingerprint density at radius 2 is 1.70 bits per heavy atom. The number of hydrogen-bond donors (Lipinski definition) is 3. The van der Waals surface area contributed by atoms with Crippen molar-refractivity contribution >= 4 is 39.4 Å². The number of nitrogens with zero attached hydrogens (tertiary/aromatic N) is 5. The maximum atomic E-state index is 14.2. The van der Waals surface area contributed by atoms with Gasteiger partial charge in [-0.25, -0.2) is 4.68 Å². The van der Waals surface area contributed by atoms with Gasteiger partial charge < -0.3 is 15.5 Å². The number of aromatic hydroxyl groups is 2. The fraction of sp³-hybridized carbons (Fsp3) is 0.233. The lowest BCUT2D eigenvalue weighted by Crippen LogP contribution is -2.47. The number of carbonyl (C=O) groups excluding carboxylic acids is 2. The van der Waals surface area contributed by atoms with Crippen LogP contribution in [-0.4, -0.2) is 48.0 Å². The Labute approximate surface area is 229 Å². The lowest BCUT2D eigenvalue weighted by atomic mass is 10.0. The van der Waals surface area contributed by atoms with Crippen LogP contribution in [0.4, 0.5) is 5.69 Å². The predicted octanol–water partition coefficient (Wildman–Crippen LogP) is 4.22. The molecule has 2 heterocycles. The standard InChI is InChI=1S/C30H28N6O4/c37-26-14-13-20(16-27(26)38)29(30(40)32-21-8-2-3-9-21)36(22-15-19-7-1-4-10-23(19)31-17-22)28(39)18-35-25-12-6-5-11-24(25)33-34-35/h1,4-7,10-17,21,29,37-38H,2-3,8-9,18H2,(H,32,40)/t29-/m1/s1. The third-order valence-corrected chi connectivity index (χ3v) is 7.35. The summed E-state index contributed by atoms with van der Waals surface area (Å²) >= 11 is 0. The average Bonchev–Trinajstić information content (AvgIpc) is 3.63. The third-order valence-electron chi connectivity index (χ3n) is 7.35. The fourth-order valence-corrected chi connectivity index (χ4v) is 5.35. The first kappa shape index (κ1) is 25.3. The Balaban J connectivity index is 1.47. The molecule has 10 nitrogen and oxygen atoms in total. The number of nitrogens with one attached hydrogen (secondary N) is 1. The van der Waals surface area contributed by atoms with Gasteiger partial charge in [0.2, 0.25) is 11.8 Å². The molecule has 1 aliphatic rings. The third kappa shape index (κ3) is 4.91. The summed E-state index contributed by atoms with van der Waals surface area (Å²) in [6.45, 7) is -0.190. The highest BCUT2D eigenvalue weighted by atomic mass is 16.3. The monoisotopic (exact) mass is 536 g/mol. The van der Waals surface area contributed by atoms with Crippen LogP contribution in [0.5, 0.6) is 11.5 Å². The van der Waals surface area contributed by atoms with Gasteiger partial charge in [-0.3, -0.25) is 19.5 Å². The molecule has 0 aliphatic heterocycles. The molecule has 0 bridgehead atoms. The Hall–Kier alpha value is -4.99. The number of phenolic OH excluding ortho intramolecular Hbond substituents is 2. The molecule has 5 aromatic rings. The van der Waals surface area contributed by atoms with E-state index in [9.17, 15) is 19.8 Å². The second kappa shape index (κ2) is 10.6. The number of fused-ring (bicyclic) bond motifs is 2. The van der Waals surface area contributed by atoms with Crippen LogP contribution in [0.15, 0.2) is 79.0 Å². The van der Waals surface area contributed by atoms with Gasteiger partial charge in [-0.05, 0) is 54.8 Å². The normalized spacial score (nSPS) is 14.4. The van der Waals surface area contributed by atoms with Crippen molar-refractivity contribution in [2.75, 3.05) is 4.90 Å². The highest BCUT2D eigenvalue weighted by molar-refractivity contribution is 6.02. The molecule has 6 rings (SSSR count). The first-order valence-electron chi connectivity index (χ1n) is 13.3. The summed E-state index contributed by atoms with van der Waals surface area (Å²) in [5, 5.41) is 32.6. The second-order valence-electron chi connectivity index (χ2n) is 10.0. The van der Waals surface area contributed by atoms with Gasteiger partial charge in [-0.1, -0.05) is 54.5 Å². The van der Waals surface area contributed by atoms with Gasteiger partial charge in [0.25, 0.3) is 0 Å². The van der Waals surface area contributed by atoms with Gasteiger partial charge in [-0.2, -0.15) is 0 Å². The summed E-state index contributed by atoms with van der Waals surface area (Å²) in [7, 11) is 0. The number of para-hydroxylation sites is 2.